The molecule has 1 aromatic carbocycles. The lowest BCUT2D eigenvalue weighted by atomic mass is 10.0. The quantitative estimate of drug-likeness (QED) is 0.865. The van der Waals surface area contributed by atoms with E-state index in [0.29, 0.717) is 19.3 Å². The average Bonchev–Trinajstić information content (AvgIpc) is 2.88. The standard InChI is InChI=1S/C16H21NO3/c1-2-11-5-3-4-6-12(11)10-15(18)17-14-8-7-13(9-14)16(19)20/h3-6,13-14H,2,7-10H2,1H3,(H,17,18)(H,19,20)/t13-,14+/m1/s1. The van der Waals surface area contributed by atoms with E-state index in [1.54, 1.807) is 0 Å². The van der Waals surface area contributed by atoms with E-state index in [4.69, 9.17) is 5.11 Å². The molecule has 0 heterocycles. The summed E-state index contributed by atoms with van der Waals surface area (Å²) in [6.45, 7) is 2.07. The highest BCUT2D eigenvalue weighted by Gasteiger charge is 2.30. The molecule has 1 aliphatic rings. The summed E-state index contributed by atoms with van der Waals surface area (Å²) in [5.74, 6) is -1.07. The van der Waals surface area contributed by atoms with Gasteiger partial charge in [-0.3, -0.25) is 9.59 Å². The minimum absolute atomic E-state index is 0.0115. The Bertz CT molecular complexity index is 498. The maximum absolute atomic E-state index is 12.1. The first-order chi connectivity index (χ1) is 9.60. The molecule has 2 atom stereocenters. The summed E-state index contributed by atoms with van der Waals surface area (Å²) in [5, 5.41) is 11.9. The van der Waals surface area contributed by atoms with Gasteiger partial charge in [0, 0.05) is 6.04 Å². The molecule has 20 heavy (non-hydrogen) atoms. The van der Waals surface area contributed by atoms with Crippen LogP contribution in [-0.2, 0) is 22.4 Å². The van der Waals surface area contributed by atoms with Gasteiger partial charge in [-0.15, -0.1) is 0 Å². The van der Waals surface area contributed by atoms with Crippen LogP contribution in [0.1, 0.15) is 37.3 Å². The number of carboxylic acids is 1. The van der Waals surface area contributed by atoms with Gasteiger partial charge in [-0.25, -0.2) is 0 Å². The van der Waals surface area contributed by atoms with Gasteiger partial charge in [0.05, 0.1) is 12.3 Å². The van der Waals surface area contributed by atoms with Crippen LogP contribution in [-0.4, -0.2) is 23.0 Å². The maximum Gasteiger partial charge on any atom is 0.306 e. The first-order valence-corrected chi connectivity index (χ1v) is 7.19. The molecule has 4 nitrogen and oxygen atoms in total. The van der Waals surface area contributed by atoms with E-state index in [0.717, 1.165) is 18.4 Å². The number of nitrogens with one attached hydrogen (secondary N) is 1. The lowest BCUT2D eigenvalue weighted by Gasteiger charge is -2.13. The van der Waals surface area contributed by atoms with Crippen molar-refractivity contribution in [3.05, 3.63) is 35.4 Å². The minimum Gasteiger partial charge on any atom is -0.481 e. The average molecular weight is 275 g/mol. The van der Waals surface area contributed by atoms with E-state index in [1.807, 2.05) is 24.3 Å². The molecule has 1 fully saturated rings. The fourth-order valence-electron chi connectivity index (χ4n) is 2.86. The van der Waals surface area contributed by atoms with Crippen molar-refractivity contribution in [2.24, 2.45) is 5.92 Å². The van der Waals surface area contributed by atoms with E-state index in [-0.39, 0.29) is 17.9 Å². The van der Waals surface area contributed by atoms with Crippen LogP contribution in [0.2, 0.25) is 0 Å². The predicted molar refractivity (Wildman–Crippen MR) is 76.4 cm³/mol. The van der Waals surface area contributed by atoms with Crippen LogP contribution in [0.15, 0.2) is 24.3 Å². The van der Waals surface area contributed by atoms with Crippen LogP contribution in [0.3, 0.4) is 0 Å². The van der Waals surface area contributed by atoms with Gasteiger partial charge in [0.25, 0.3) is 0 Å². The third-order valence-electron chi connectivity index (χ3n) is 4.00. The van der Waals surface area contributed by atoms with Gasteiger partial charge in [-0.2, -0.15) is 0 Å². The van der Waals surface area contributed by atoms with Crippen molar-refractivity contribution in [1.29, 1.82) is 0 Å². The van der Waals surface area contributed by atoms with Gasteiger partial charge < -0.3 is 10.4 Å². The summed E-state index contributed by atoms with van der Waals surface area (Å²) in [6.07, 6.45) is 3.26. The van der Waals surface area contributed by atoms with E-state index in [2.05, 4.69) is 12.2 Å². The second kappa shape index (κ2) is 6.55. The third kappa shape index (κ3) is 3.59. The molecule has 4 heteroatoms. The van der Waals surface area contributed by atoms with E-state index >= 15 is 0 Å². The van der Waals surface area contributed by atoms with Crippen molar-refractivity contribution in [1.82, 2.24) is 5.32 Å². The van der Waals surface area contributed by atoms with Gasteiger partial charge in [0.15, 0.2) is 0 Å². The summed E-state index contributed by atoms with van der Waals surface area (Å²) in [5.41, 5.74) is 2.25. The topological polar surface area (TPSA) is 66.4 Å². The van der Waals surface area contributed by atoms with Crippen LogP contribution in [0, 0.1) is 5.92 Å². The smallest absolute Gasteiger partial charge is 0.306 e. The van der Waals surface area contributed by atoms with Crippen LogP contribution >= 0.6 is 0 Å². The number of rotatable bonds is 5. The fraction of sp³-hybridized carbons (Fsp3) is 0.500. The molecule has 108 valence electrons. The Balaban J connectivity index is 1.89. The van der Waals surface area contributed by atoms with Crippen molar-refractivity contribution in [2.75, 3.05) is 0 Å². The Morgan fingerprint density at radius 1 is 1.25 bits per heavy atom. The SMILES string of the molecule is CCc1ccccc1CC(=O)N[C@H]1CC[C@@H](C(=O)O)C1. The molecular formula is C16H21NO3. The van der Waals surface area contributed by atoms with E-state index in [1.165, 1.54) is 5.56 Å². The van der Waals surface area contributed by atoms with E-state index < -0.39 is 5.97 Å². The summed E-state index contributed by atoms with van der Waals surface area (Å²) >= 11 is 0. The van der Waals surface area contributed by atoms with Crippen molar-refractivity contribution >= 4 is 11.9 Å². The highest BCUT2D eigenvalue weighted by atomic mass is 16.4. The Labute approximate surface area is 119 Å². The molecule has 1 aromatic rings. The lowest BCUT2D eigenvalue weighted by molar-refractivity contribution is -0.141. The highest BCUT2D eigenvalue weighted by Crippen LogP contribution is 2.25. The monoisotopic (exact) mass is 275 g/mol. The van der Waals surface area contributed by atoms with Crippen LogP contribution in [0.4, 0.5) is 0 Å². The first kappa shape index (κ1) is 14.6. The molecule has 0 spiro atoms. The Morgan fingerprint density at radius 3 is 2.55 bits per heavy atom. The zero-order chi connectivity index (χ0) is 14.5. The number of hydrogen-bond donors (Lipinski definition) is 2. The molecule has 0 radical (unpaired) electrons. The fourth-order valence-corrected chi connectivity index (χ4v) is 2.86. The molecule has 0 aliphatic heterocycles. The second-order valence-electron chi connectivity index (χ2n) is 5.41. The summed E-state index contributed by atoms with van der Waals surface area (Å²) in [6, 6.07) is 7.95. The third-order valence-corrected chi connectivity index (χ3v) is 4.00. The van der Waals surface area contributed by atoms with Crippen molar-refractivity contribution in [2.45, 2.75) is 45.1 Å². The van der Waals surface area contributed by atoms with Gasteiger partial charge in [0.1, 0.15) is 0 Å². The van der Waals surface area contributed by atoms with Crippen LogP contribution in [0.5, 0.6) is 0 Å². The van der Waals surface area contributed by atoms with Crippen LogP contribution < -0.4 is 5.32 Å². The van der Waals surface area contributed by atoms with Crippen molar-refractivity contribution in [3.8, 4) is 0 Å². The molecule has 2 rings (SSSR count). The summed E-state index contributed by atoms with van der Waals surface area (Å²) in [4.78, 5) is 22.9. The van der Waals surface area contributed by atoms with Crippen LogP contribution in [0.25, 0.3) is 0 Å². The molecule has 0 saturated heterocycles. The number of carbonyl (C=O) groups excluding carboxylic acids is 1. The largest absolute Gasteiger partial charge is 0.481 e. The zero-order valence-corrected chi connectivity index (χ0v) is 11.8. The highest BCUT2D eigenvalue weighted by molar-refractivity contribution is 5.79. The number of aryl methyl sites for hydroxylation is 1. The number of carbonyl (C=O) groups is 2. The Morgan fingerprint density at radius 2 is 1.95 bits per heavy atom. The Hall–Kier alpha value is -1.84. The predicted octanol–water partition coefficient (Wildman–Crippen LogP) is 2.16. The van der Waals surface area contributed by atoms with Gasteiger partial charge >= 0.3 is 5.97 Å². The van der Waals surface area contributed by atoms with Gasteiger partial charge in [-0.1, -0.05) is 31.2 Å². The number of aliphatic carboxylic acids is 1. The first-order valence-electron chi connectivity index (χ1n) is 7.19. The number of amides is 1. The molecule has 1 amide bonds. The number of benzene rings is 1. The molecule has 1 aliphatic carbocycles. The Kier molecular flexibility index (Phi) is 4.77. The van der Waals surface area contributed by atoms with Gasteiger partial charge in [0.2, 0.25) is 5.91 Å². The maximum atomic E-state index is 12.1. The summed E-state index contributed by atoms with van der Waals surface area (Å²) in [7, 11) is 0. The van der Waals surface area contributed by atoms with Gasteiger partial charge in [-0.05, 0) is 36.8 Å². The molecule has 0 aromatic heterocycles. The van der Waals surface area contributed by atoms with E-state index in [9.17, 15) is 9.59 Å². The molecule has 2 N–H and O–H groups in total. The molecule has 1 saturated carbocycles. The zero-order valence-electron chi connectivity index (χ0n) is 11.8. The minimum atomic E-state index is -0.752. The van der Waals surface area contributed by atoms with Crippen molar-refractivity contribution < 1.29 is 14.7 Å². The molecule has 0 bridgehead atoms. The summed E-state index contributed by atoms with van der Waals surface area (Å²) < 4.78 is 0. The van der Waals surface area contributed by atoms with Crippen molar-refractivity contribution in [3.63, 3.8) is 0 Å². The number of carboxylic acid groups (broad SMARTS) is 1. The lowest BCUT2D eigenvalue weighted by Crippen LogP contribution is -2.34. The molecule has 0 unspecified atom stereocenters. The second-order valence-corrected chi connectivity index (χ2v) is 5.41. The molecular weight excluding hydrogens is 254 g/mol. The normalized spacial score (nSPS) is 21.6. The number of hydrogen-bond acceptors (Lipinski definition) is 2.